The number of nitrogens with zero attached hydrogens (tertiary/aromatic N) is 1. The van der Waals surface area contributed by atoms with E-state index in [-0.39, 0.29) is 11.7 Å². The first kappa shape index (κ1) is 11.2. The van der Waals surface area contributed by atoms with Crippen LogP contribution in [0.15, 0.2) is 57.4 Å². The number of carbonyl (C=O) groups is 1. The molecule has 88 valence electrons. The predicted molar refractivity (Wildman–Crippen MR) is 71.6 cm³/mol. The molecule has 0 radical (unpaired) electrons. The molecule has 0 atom stereocenters. The highest BCUT2D eigenvalue weighted by molar-refractivity contribution is 9.10. The third-order valence-electron chi connectivity index (χ3n) is 2.57. The molecule has 0 saturated heterocycles. The maximum absolute atomic E-state index is 12.2. The van der Waals surface area contributed by atoms with Gasteiger partial charge >= 0.3 is 0 Å². The molecule has 0 aliphatic heterocycles. The van der Waals surface area contributed by atoms with Gasteiger partial charge in [-0.05, 0) is 24.3 Å². The maximum atomic E-state index is 12.2. The van der Waals surface area contributed by atoms with Crippen molar-refractivity contribution < 1.29 is 9.21 Å². The number of carbonyl (C=O) groups excluding carboxylic acids is 1. The number of ketones is 1. The van der Waals surface area contributed by atoms with E-state index in [1.807, 2.05) is 24.3 Å². The van der Waals surface area contributed by atoms with Gasteiger partial charge in [0.15, 0.2) is 5.58 Å². The van der Waals surface area contributed by atoms with Crippen LogP contribution >= 0.6 is 15.9 Å². The zero-order chi connectivity index (χ0) is 12.5. The van der Waals surface area contributed by atoms with Gasteiger partial charge in [0.2, 0.25) is 5.78 Å². The fraction of sp³-hybridized carbons (Fsp3) is 0. The fourth-order valence-corrected chi connectivity index (χ4v) is 2.12. The number of hydrogen-bond donors (Lipinski definition) is 0. The van der Waals surface area contributed by atoms with Crippen molar-refractivity contribution in [2.75, 3.05) is 0 Å². The predicted octanol–water partition coefficient (Wildman–Crippen LogP) is 3.82. The van der Waals surface area contributed by atoms with Crippen molar-refractivity contribution >= 4 is 32.8 Å². The number of fused-ring (bicyclic) bond motifs is 1. The molecule has 0 aliphatic carbocycles. The van der Waals surface area contributed by atoms with Gasteiger partial charge in [0.05, 0.1) is 0 Å². The summed E-state index contributed by atoms with van der Waals surface area (Å²) in [4.78, 5) is 16.4. The summed E-state index contributed by atoms with van der Waals surface area (Å²) in [6.45, 7) is 0. The van der Waals surface area contributed by atoms with Gasteiger partial charge in [-0.15, -0.1) is 0 Å². The minimum absolute atomic E-state index is 0.120. The van der Waals surface area contributed by atoms with Crippen LogP contribution in [-0.2, 0) is 0 Å². The lowest BCUT2D eigenvalue weighted by atomic mass is 10.1. The summed E-state index contributed by atoms with van der Waals surface area (Å²) < 4.78 is 6.30. The van der Waals surface area contributed by atoms with Gasteiger partial charge in [-0.3, -0.25) is 4.79 Å². The van der Waals surface area contributed by atoms with Gasteiger partial charge in [-0.1, -0.05) is 40.2 Å². The highest BCUT2D eigenvalue weighted by Gasteiger charge is 2.16. The van der Waals surface area contributed by atoms with Crippen molar-refractivity contribution in [1.29, 1.82) is 0 Å². The quantitative estimate of drug-likeness (QED) is 0.676. The molecule has 3 rings (SSSR count). The average molecular weight is 302 g/mol. The summed E-state index contributed by atoms with van der Waals surface area (Å²) in [6.07, 6.45) is 0. The van der Waals surface area contributed by atoms with E-state index in [0.717, 1.165) is 4.47 Å². The molecular formula is C14H8BrNO2. The summed E-state index contributed by atoms with van der Waals surface area (Å²) in [7, 11) is 0. The topological polar surface area (TPSA) is 43.1 Å². The van der Waals surface area contributed by atoms with E-state index in [0.29, 0.717) is 16.7 Å². The van der Waals surface area contributed by atoms with E-state index < -0.39 is 0 Å². The zero-order valence-electron chi connectivity index (χ0n) is 9.26. The highest BCUT2D eigenvalue weighted by atomic mass is 79.9. The normalized spacial score (nSPS) is 10.7. The van der Waals surface area contributed by atoms with Crippen LogP contribution in [0.4, 0.5) is 0 Å². The Morgan fingerprint density at radius 2 is 1.94 bits per heavy atom. The lowest BCUT2D eigenvalue weighted by Gasteiger charge is -1.96. The Balaban J connectivity index is 2.06. The second-order valence-corrected chi connectivity index (χ2v) is 4.74. The molecule has 1 aromatic heterocycles. The van der Waals surface area contributed by atoms with Gasteiger partial charge in [0, 0.05) is 10.0 Å². The lowest BCUT2D eigenvalue weighted by Crippen LogP contribution is -2.01. The second-order valence-electron chi connectivity index (χ2n) is 3.83. The molecule has 3 aromatic rings. The molecule has 18 heavy (non-hydrogen) atoms. The number of halogens is 1. The summed E-state index contributed by atoms with van der Waals surface area (Å²) in [5, 5.41) is 0. The smallest absolute Gasteiger partial charge is 0.269 e. The number of para-hydroxylation sites is 2. The minimum Gasteiger partial charge on any atom is -0.433 e. The third kappa shape index (κ3) is 1.95. The minimum atomic E-state index is -0.215. The van der Waals surface area contributed by atoms with Crippen LogP contribution in [0.3, 0.4) is 0 Å². The molecule has 0 bridgehead atoms. The number of benzene rings is 2. The first-order valence-electron chi connectivity index (χ1n) is 5.40. The van der Waals surface area contributed by atoms with Crippen LogP contribution in [0, 0.1) is 0 Å². The van der Waals surface area contributed by atoms with E-state index >= 15 is 0 Å². The molecular weight excluding hydrogens is 294 g/mol. The second kappa shape index (κ2) is 4.38. The van der Waals surface area contributed by atoms with Crippen molar-refractivity contribution in [2.45, 2.75) is 0 Å². The summed E-state index contributed by atoms with van der Waals surface area (Å²) >= 11 is 3.33. The molecule has 0 saturated carbocycles. The maximum Gasteiger partial charge on any atom is 0.269 e. The average Bonchev–Trinajstić information content (AvgIpc) is 2.81. The Morgan fingerprint density at radius 3 is 2.72 bits per heavy atom. The van der Waals surface area contributed by atoms with E-state index in [2.05, 4.69) is 20.9 Å². The van der Waals surface area contributed by atoms with E-state index in [9.17, 15) is 4.79 Å². The van der Waals surface area contributed by atoms with Gasteiger partial charge < -0.3 is 4.42 Å². The Morgan fingerprint density at radius 1 is 1.11 bits per heavy atom. The fourth-order valence-electron chi connectivity index (χ4n) is 1.72. The van der Waals surface area contributed by atoms with Gasteiger partial charge in [-0.2, -0.15) is 0 Å². The van der Waals surface area contributed by atoms with Crippen molar-refractivity contribution in [3.63, 3.8) is 0 Å². The first-order valence-corrected chi connectivity index (χ1v) is 6.19. The van der Waals surface area contributed by atoms with Crippen molar-refractivity contribution in [3.05, 3.63) is 64.5 Å². The van der Waals surface area contributed by atoms with Crippen LogP contribution in [0.2, 0.25) is 0 Å². The summed E-state index contributed by atoms with van der Waals surface area (Å²) in [6, 6.07) is 14.5. The lowest BCUT2D eigenvalue weighted by molar-refractivity contribution is 0.100. The molecule has 0 fully saturated rings. The summed E-state index contributed by atoms with van der Waals surface area (Å²) in [5.41, 5.74) is 1.86. The number of oxazole rings is 1. The Labute approximate surface area is 112 Å². The first-order chi connectivity index (χ1) is 8.74. The monoisotopic (exact) mass is 301 g/mol. The highest BCUT2D eigenvalue weighted by Crippen LogP contribution is 2.19. The van der Waals surface area contributed by atoms with Crippen LogP contribution in [0.1, 0.15) is 16.2 Å². The SMILES string of the molecule is O=C(c1cccc(Br)c1)c1nc2ccccc2o1. The Bertz CT molecular complexity index is 700. The van der Waals surface area contributed by atoms with Crippen molar-refractivity contribution in [2.24, 2.45) is 0 Å². The Hall–Kier alpha value is -1.94. The summed E-state index contributed by atoms with van der Waals surface area (Å²) in [5.74, 6) is -0.0956. The van der Waals surface area contributed by atoms with Crippen LogP contribution in [0.5, 0.6) is 0 Å². The number of aromatic nitrogens is 1. The van der Waals surface area contributed by atoms with Crippen LogP contribution in [-0.4, -0.2) is 10.8 Å². The third-order valence-corrected chi connectivity index (χ3v) is 3.07. The molecule has 2 aromatic carbocycles. The van der Waals surface area contributed by atoms with Crippen molar-refractivity contribution in [3.8, 4) is 0 Å². The van der Waals surface area contributed by atoms with Gasteiger partial charge in [0.1, 0.15) is 5.52 Å². The molecule has 0 unspecified atom stereocenters. The van der Waals surface area contributed by atoms with Crippen LogP contribution in [0.25, 0.3) is 11.1 Å². The molecule has 1 heterocycles. The Kier molecular flexibility index (Phi) is 2.72. The van der Waals surface area contributed by atoms with E-state index in [1.165, 1.54) is 0 Å². The van der Waals surface area contributed by atoms with E-state index in [1.54, 1.807) is 24.3 Å². The van der Waals surface area contributed by atoms with Crippen molar-refractivity contribution in [1.82, 2.24) is 4.98 Å². The molecule has 0 spiro atoms. The standard InChI is InChI=1S/C14H8BrNO2/c15-10-5-3-4-9(8-10)13(17)14-16-11-6-1-2-7-12(11)18-14/h1-8H. The van der Waals surface area contributed by atoms with Crippen LogP contribution < -0.4 is 0 Å². The molecule has 0 amide bonds. The largest absolute Gasteiger partial charge is 0.433 e. The van der Waals surface area contributed by atoms with Gasteiger partial charge in [0.25, 0.3) is 5.89 Å². The molecule has 0 aliphatic rings. The van der Waals surface area contributed by atoms with Gasteiger partial charge in [-0.25, -0.2) is 4.98 Å². The number of hydrogen-bond acceptors (Lipinski definition) is 3. The molecule has 0 N–H and O–H groups in total. The number of rotatable bonds is 2. The molecule has 4 heteroatoms. The molecule has 3 nitrogen and oxygen atoms in total. The zero-order valence-corrected chi connectivity index (χ0v) is 10.8. The van der Waals surface area contributed by atoms with E-state index in [4.69, 9.17) is 4.42 Å².